The molecular weight excluding hydrogens is 362 g/mol. The summed E-state index contributed by atoms with van der Waals surface area (Å²) in [7, 11) is 0. The Hall–Kier alpha value is -2.80. The molecule has 0 aliphatic rings. The van der Waals surface area contributed by atoms with Crippen molar-refractivity contribution in [2.45, 2.75) is 0 Å². The molecule has 0 saturated carbocycles. The van der Waals surface area contributed by atoms with Crippen molar-refractivity contribution in [3.05, 3.63) is 74.9 Å². The van der Waals surface area contributed by atoms with Gasteiger partial charge in [0.15, 0.2) is 0 Å². The number of nitro groups is 1. The Morgan fingerprint density at radius 2 is 2.00 bits per heavy atom. The largest absolute Gasteiger partial charge is 0.321 e. The molecule has 0 unspecified atom stereocenters. The number of pyridine rings is 1. The first-order chi connectivity index (χ1) is 11.0. The van der Waals surface area contributed by atoms with Crippen LogP contribution in [0, 0.1) is 10.1 Å². The summed E-state index contributed by atoms with van der Waals surface area (Å²) in [5, 5.41) is 14.4. The number of carbonyl (C=O) groups is 1. The number of amides is 1. The van der Waals surface area contributed by atoms with E-state index in [2.05, 4.69) is 26.2 Å². The van der Waals surface area contributed by atoms with Gasteiger partial charge in [-0.05, 0) is 30.3 Å². The van der Waals surface area contributed by atoms with Crippen molar-refractivity contribution < 1.29 is 9.72 Å². The van der Waals surface area contributed by atoms with Crippen molar-refractivity contribution in [1.82, 2.24) is 4.98 Å². The molecule has 1 heterocycles. The lowest BCUT2D eigenvalue weighted by Gasteiger charge is -2.08. The molecule has 0 radical (unpaired) electrons. The summed E-state index contributed by atoms with van der Waals surface area (Å²) in [5.41, 5.74) is 1.43. The molecule has 23 heavy (non-hydrogen) atoms. The first kappa shape index (κ1) is 15.1. The number of fused-ring (bicyclic) bond motifs is 1. The van der Waals surface area contributed by atoms with Gasteiger partial charge >= 0.3 is 0 Å². The summed E-state index contributed by atoms with van der Waals surface area (Å²) in [6, 6.07) is 12.8. The van der Waals surface area contributed by atoms with Crippen LogP contribution in [0.25, 0.3) is 10.9 Å². The lowest BCUT2D eigenvalue weighted by molar-refractivity contribution is -0.384. The average Bonchev–Trinajstić information content (AvgIpc) is 2.55. The van der Waals surface area contributed by atoms with Crippen LogP contribution in [-0.4, -0.2) is 15.8 Å². The maximum Gasteiger partial charge on any atom is 0.270 e. The van der Waals surface area contributed by atoms with E-state index in [-0.39, 0.29) is 11.3 Å². The lowest BCUT2D eigenvalue weighted by Crippen LogP contribution is -2.12. The van der Waals surface area contributed by atoms with Gasteiger partial charge in [0.05, 0.1) is 16.1 Å². The van der Waals surface area contributed by atoms with E-state index in [9.17, 15) is 14.9 Å². The summed E-state index contributed by atoms with van der Waals surface area (Å²) in [5.74, 6) is -0.416. The van der Waals surface area contributed by atoms with Crippen molar-refractivity contribution in [2.24, 2.45) is 0 Å². The molecule has 114 valence electrons. The molecule has 2 aromatic carbocycles. The van der Waals surface area contributed by atoms with E-state index in [0.717, 1.165) is 15.4 Å². The molecule has 7 heteroatoms. The normalized spacial score (nSPS) is 10.5. The Balaban J connectivity index is 1.96. The van der Waals surface area contributed by atoms with Gasteiger partial charge in [0.2, 0.25) is 0 Å². The van der Waals surface area contributed by atoms with Crippen LogP contribution in [0.4, 0.5) is 11.4 Å². The third-order valence-corrected chi connectivity index (χ3v) is 3.76. The number of nitrogens with one attached hydrogen (secondary N) is 1. The fourth-order valence-corrected chi connectivity index (χ4v) is 2.54. The molecule has 0 fully saturated rings. The molecule has 0 atom stereocenters. The van der Waals surface area contributed by atoms with Crippen molar-refractivity contribution in [1.29, 1.82) is 0 Å². The Morgan fingerprint density at radius 1 is 1.17 bits per heavy atom. The highest BCUT2D eigenvalue weighted by Crippen LogP contribution is 2.25. The highest BCUT2D eigenvalue weighted by atomic mass is 79.9. The molecule has 6 nitrogen and oxygen atoms in total. The van der Waals surface area contributed by atoms with E-state index in [1.54, 1.807) is 12.3 Å². The second-order valence-corrected chi connectivity index (χ2v) is 5.70. The van der Waals surface area contributed by atoms with Crippen LogP contribution in [0.3, 0.4) is 0 Å². The molecule has 0 aliphatic carbocycles. The summed E-state index contributed by atoms with van der Waals surface area (Å²) < 4.78 is 0.865. The smallest absolute Gasteiger partial charge is 0.270 e. The number of hydrogen-bond donors (Lipinski definition) is 1. The second-order valence-electron chi connectivity index (χ2n) is 4.78. The second kappa shape index (κ2) is 6.13. The van der Waals surface area contributed by atoms with Gasteiger partial charge in [0.1, 0.15) is 0 Å². The SMILES string of the molecule is O=C(Nc1ccnc2ccc(Br)cc12)c1cccc([N+](=O)[O-])c1. The molecule has 0 bridgehead atoms. The highest BCUT2D eigenvalue weighted by Gasteiger charge is 2.13. The lowest BCUT2D eigenvalue weighted by atomic mass is 10.1. The Labute approximate surface area is 139 Å². The van der Waals surface area contributed by atoms with Gasteiger partial charge in [-0.2, -0.15) is 0 Å². The number of anilines is 1. The molecule has 1 aromatic heterocycles. The molecule has 1 N–H and O–H groups in total. The minimum Gasteiger partial charge on any atom is -0.321 e. The zero-order valence-corrected chi connectivity index (χ0v) is 13.3. The highest BCUT2D eigenvalue weighted by molar-refractivity contribution is 9.10. The van der Waals surface area contributed by atoms with E-state index in [1.165, 1.54) is 24.3 Å². The Bertz CT molecular complexity index is 927. The number of non-ortho nitro benzene ring substituents is 1. The molecular formula is C16H10BrN3O3. The van der Waals surface area contributed by atoms with Crippen LogP contribution in [0.15, 0.2) is 59.2 Å². The van der Waals surface area contributed by atoms with Crippen LogP contribution < -0.4 is 5.32 Å². The zero-order valence-electron chi connectivity index (χ0n) is 11.7. The van der Waals surface area contributed by atoms with Crippen LogP contribution >= 0.6 is 15.9 Å². The van der Waals surface area contributed by atoms with Gasteiger partial charge in [0.25, 0.3) is 11.6 Å². The van der Waals surface area contributed by atoms with E-state index in [0.29, 0.717) is 5.69 Å². The van der Waals surface area contributed by atoms with Crippen LogP contribution in [-0.2, 0) is 0 Å². The fourth-order valence-electron chi connectivity index (χ4n) is 2.18. The van der Waals surface area contributed by atoms with Crippen molar-refractivity contribution in [3.63, 3.8) is 0 Å². The summed E-state index contributed by atoms with van der Waals surface area (Å²) in [6.07, 6.45) is 1.60. The molecule has 0 aliphatic heterocycles. The minimum atomic E-state index is -0.532. The van der Waals surface area contributed by atoms with Gasteiger partial charge in [-0.25, -0.2) is 0 Å². The predicted molar refractivity (Wildman–Crippen MR) is 90.5 cm³/mol. The number of halogens is 1. The maximum atomic E-state index is 12.4. The Morgan fingerprint density at radius 3 is 2.78 bits per heavy atom. The van der Waals surface area contributed by atoms with E-state index in [1.807, 2.05) is 18.2 Å². The molecule has 0 spiro atoms. The summed E-state index contributed by atoms with van der Waals surface area (Å²) in [6.45, 7) is 0. The van der Waals surface area contributed by atoms with Crippen LogP contribution in [0.2, 0.25) is 0 Å². The number of hydrogen-bond acceptors (Lipinski definition) is 4. The first-order valence-electron chi connectivity index (χ1n) is 6.65. The number of rotatable bonds is 3. The minimum absolute atomic E-state index is 0.125. The molecule has 0 saturated heterocycles. The number of aromatic nitrogens is 1. The van der Waals surface area contributed by atoms with Gasteiger partial charge in [-0.3, -0.25) is 19.9 Å². The third kappa shape index (κ3) is 3.19. The fraction of sp³-hybridized carbons (Fsp3) is 0. The topological polar surface area (TPSA) is 85.1 Å². The number of carbonyl (C=O) groups excluding carboxylic acids is 1. The molecule has 3 rings (SSSR count). The standard InChI is InChI=1S/C16H10BrN3O3/c17-11-4-5-14-13(9-11)15(6-7-18-14)19-16(21)10-2-1-3-12(8-10)20(22)23/h1-9H,(H,18,19,21). The predicted octanol–water partition coefficient (Wildman–Crippen LogP) is 4.16. The zero-order chi connectivity index (χ0) is 16.4. The van der Waals surface area contributed by atoms with Crippen molar-refractivity contribution >= 4 is 44.1 Å². The van der Waals surface area contributed by atoms with Gasteiger partial charge in [-0.1, -0.05) is 22.0 Å². The average molecular weight is 372 g/mol. The summed E-state index contributed by atoms with van der Waals surface area (Å²) >= 11 is 3.39. The van der Waals surface area contributed by atoms with Crippen LogP contribution in [0.5, 0.6) is 0 Å². The molecule has 1 amide bonds. The monoisotopic (exact) mass is 371 g/mol. The van der Waals surface area contributed by atoms with Gasteiger partial charge in [-0.15, -0.1) is 0 Å². The van der Waals surface area contributed by atoms with E-state index in [4.69, 9.17) is 0 Å². The number of nitrogens with zero attached hydrogens (tertiary/aromatic N) is 2. The van der Waals surface area contributed by atoms with Crippen LogP contribution in [0.1, 0.15) is 10.4 Å². The molecule has 3 aromatic rings. The number of nitro benzene ring substituents is 1. The third-order valence-electron chi connectivity index (χ3n) is 3.27. The summed E-state index contributed by atoms with van der Waals surface area (Å²) in [4.78, 5) is 26.9. The quantitative estimate of drug-likeness (QED) is 0.553. The van der Waals surface area contributed by atoms with E-state index >= 15 is 0 Å². The van der Waals surface area contributed by atoms with Crippen molar-refractivity contribution in [2.75, 3.05) is 5.32 Å². The maximum absolute atomic E-state index is 12.4. The van der Waals surface area contributed by atoms with E-state index < -0.39 is 10.8 Å². The first-order valence-corrected chi connectivity index (χ1v) is 7.44. The number of benzene rings is 2. The Kier molecular flexibility index (Phi) is 4.03. The van der Waals surface area contributed by atoms with Gasteiger partial charge in [0, 0.05) is 33.8 Å². The van der Waals surface area contributed by atoms with Crippen molar-refractivity contribution in [3.8, 4) is 0 Å². The van der Waals surface area contributed by atoms with Gasteiger partial charge < -0.3 is 5.32 Å².